The summed E-state index contributed by atoms with van der Waals surface area (Å²) in [4.78, 5) is 26.8. The lowest BCUT2D eigenvalue weighted by atomic mass is 10.2. The van der Waals surface area contributed by atoms with E-state index in [1.807, 2.05) is 0 Å². The summed E-state index contributed by atoms with van der Waals surface area (Å²) in [7, 11) is 1.52. The number of nitrogens with one attached hydrogen (secondary N) is 1. The highest BCUT2D eigenvalue weighted by molar-refractivity contribution is 8.15. The number of methoxy groups -OCH3 is 1. The van der Waals surface area contributed by atoms with Crippen molar-refractivity contribution in [3.63, 3.8) is 0 Å². The Bertz CT molecular complexity index is 545. The summed E-state index contributed by atoms with van der Waals surface area (Å²) >= 11 is 1.11. The molecule has 0 fully saturated rings. The molecule has 0 bridgehead atoms. The molecular formula is C12H13N3O3S. The number of benzene rings is 1. The molecule has 0 unspecified atom stereocenters. The van der Waals surface area contributed by atoms with Gasteiger partial charge in [-0.05, 0) is 12.1 Å². The third-order valence-electron chi connectivity index (χ3n) is 2.51. The molecule has 0 saturated carbocycles. The fourth-order valence-corrected chi connectivity index (χ4v) is 2.47. The molecular weight excluding hydrogens is 266 g/mol. The molecule has 0 spiro atoms. The number of ether oxygens (including phenoxy) is 1. The van der Waals surface area contributed by atoms with Crippen LogP contribution in [0.15, 0.2) is 29.3 Å². The van der Waals surface area contributed by atoms with Gasteiger partial charge in [-0.1, -0.05) is 23.9 Å². The lowest BCUT2D eigenvalue weighted by Crippen LogP contribution is -2.21. The lowest BCUT2D eigenvalue weighted by Gasteiger charge is -2.11. The van der Waals surface area contributed by atoms with Crippen molar-refractivity contribution in [2.75, 3.05) is 12.4 Å². The predicted octanol–water partition coefficient (Wildman–Crippen LogP) is 0.980. The number of anilines is 1. The first kappa shape index (κ1) is 13.4. The molecule has 0 aliphatic carbocycles. The van der Waals surface area contributed by atoms with Gasteiger partial charge in [0.05, 0.1) is 12.8 Å². The molecule has 2 rings (SSSR count). The van der Waals surface area contributed by atoms with Crippen LogP contribution in [0.2, 0.25) is 0 Å². The van der Waals surface area contributed by atoms with E-state index in [2.05, 4.69) is 10.3 Å². The summed E-state index contributed by atoms with van der Waals surface area (Å²) < 4.78 is 5.12. The number of amides is 2. The van der Waals surface area contributed by atoms with E-state index >= 15 is 0 Å². The second-order valence-corrected chi connectivity index (χ2v) is 5.07. The molecule has 19 heavy (non-hydrogen) atoms. The van der Waals surface area contributed by atoms with Gasteiger partial charge in [-0.25, -0.2) is 0 Å². The molecule has 0 radical (unpaired) electrons. The highest BCUT2D eigenvalue weighted by atomic mass is 32.2. The molecule has 1 heterocycles. The van der Waals surface area contributed by atoms with Crippen LogP contribution in [0.25, 0.3) is 0 Å². The van der Waals surface area contributed by atoms with Crippen LogP contribution in [0, 0.1) is 0 Å². The van der Waals surface area contributed by atoms with E-state index in [0.717, 1.165) is 11.8 Å². The first-order chi connectivity index (χ1) is 9.10. The SMILES string of the molecule is COc1ccccc1NC(=O)C[C@H]1SC(N)=NC1=O. The van der Waals surface area contributed by atoms with E-state index in [4.69, 9.17) is 10.5 Å². The fourth-order valence-electron chi connectivity index (χ4n) is 1.65. The van der Waals surface area contributed by atoms with Gasteiger partial charge in [0, 0.05) is 6.42 Å². The van der Waals surface area contributed by atoms with E-state index in [-0.39, 0.29) is 23.4 Å². The smallest absolute Gasteiger partial charge is 0.262 e. The number of thioether (sulfide) groups is 1. The minimum atomic E-state index is -0.533. The molecule has 0 saturated heterocycles. The van der Waals surface area contributed by atoms with Gasteiger partial charge >= 0.3 is 0 Å². The van der Waals surface area contributed by atoms with Crippen molar-refractivity contribution in [1.82, 2.24) is 0 Å². The molecule has 1 aliphatic heterocycles. The fraction of sp³-hybridized carbons (Fsp3) is 0.250. The van der Waals surface area contributed by atoms with Crippen molar-refractivity contribution >= 4 is 34.4 Å². The first-order valence-electron chi connectivity index (χ1n) is 5.57. The van der Waals surface area contributed by atoms with Crippen LogP contribution < -0.4 is 15.8 Å². The van der Waals surface area contributed by atoms with Gasteiger partial charge in [0.1, 0.15) is 11.0 Å². The Morgan fingerprint density at radius 3 is 2.89 bits per heavy atom. The van der Waals surface area contributed by atoms with Crippen molar-refractivity contribution in [2.24, 2.45) is 10.7 Å². The number of nitrogens with two attached hydrogens (primary N) is 1. The summed E-state index contributed by atoms with van der Waals surface area (Å²) in [5.74, 6) is -0.0741. The quantitative estimate of drug-likeness (QED) is 0.857. The van der Waals surface area contributed by atoms with Crippen molar-refractivity contribution < 1.29 is 14.3 Å². The van der Waals surface area contributed by atoms with Crippen LogP contribution in [0.3, 0.4) is 0 Å². The average Bonchev–Trinajstić information content (AvgIpc) is 2.68. The Kier molecular flexibility index (Phi) is 4.06. The summed E-state index contributed by atoms with van der Waals surface area (Å²) in [5, 5.41) is 2.38. The first-order valence-corrected chi connectivity index (χ1v) is 6.45. The molecule has 1 aromatic rings. The number of para-hydroxylation sites is 2. The summed E-state index contributed by atoms with van der Waals surface area (Å²) in [5.41, 5.74) is 6.00. The van der Waals surface area contributed by atoms with Gasteiger partial charge in [-0.2, -0.15) is 4.99 Å². The van der Waals surface area contributed by atoms with Gasteiger partial charge in [0.15, 0.2) is 5.17 Å². The number of hydrogen-bond acceptors (Lipinski definition) is 5. The van der Waals surface area contributed by atoms with Crippen molar-refractivity contribution in [1.29, 1.82) is 0 Å². The molecule has 1 atom stereocenters. The molecule has 7 heteroatoms. The summed E-state index contributed by atoms with van der Waals surface area (Å²) in [6, 6.07) is 7.06. The zero-order valence-electron chi connectivity index (χ0n) is 10.3. The second kappa shape index (κ2) is 5.75. The maximum absolute atomic E-state index is 11.9. The van der Waals surface area contributed by atoms with Crippen LogP contribution in [0.4, 0.5) is 5.69 Å². The number of amidine groups is 1. The van der Waals surface area contributed by atoms with Crippen LogP contribution >= 0.6 is 11.8 Å². The number of rotatable bonds is 4. The maximum Gasteiger partial charge on any atom is 0.262 e. The normalized spacial score (nSPS) is 18.1. The van der Waals surface area contributed by atoms with Crippen LogP contribution in [0.5, 0.6) is 5.75 Å². The van der Waals surface area contributed by atoms with Gasteiger partial charge in [0.2, 0.25) is 5.91 Å². The number of nitrogens with zero attached hydrogens (tertiary/aromatic N) is 1. The van der Waals surface area contributed by atoms with E-state index in [1.54, 1.807) is 24.3 Å². The Hall–Kier alpha value is -2.02. The monoisotopic (exact) mass is 279 g/mol. The number of hydrogen-bond donors (Lipinski definition) is 2. The van der Waals surface area contributed by atoms with E-state index in [0.29, 0.717) is 11.4 Å². The van der Waals surface area contributed by atoms with Gasteiger partial charge in [0.25, 0.3) is 5.91 Å². The lowest BCUT2D eigenvalue weighted by molar-refractivity contribution is -0.121. The third-order valence-corrected chi connectivity index (χ3v) is 3.50. The maximum atomic E-state index is 11.9. The number of carbonyl (C=O) groups is 2. The molecule has 1 aliphatic rings. The average molecular weight is 279 g/mol. The van der Waals surface area contributed by atoms with Gasteiger partial charge in [-0.3, -0.25) is 9.59 Å². The van der Waals surface area contributed by atoms with Crippen molar-refractivity contribution in [2.45, 2.75) is 11.7 Å². The van der Waals surface area contributed by atoms with Crippen molar-refractivity contribution in [3.8, 4) is 5.75 Å². The summed E-state index contributed by atoms with van der Waals surface area (Å²) in [6.07, 6.45) is 0.0335. The van der Waals surface area contributed by atoms with Gasteiger partial charge < -0.3 is 15.8 Å². The number of carbonyl (C=O) groups excluding carboxylic acids is 2. The number of aliphatic imine (C=N–C) groups is 1. The predicted molar refractivity (Wildman–Crippen MR) is 74.2 cm³/mol. The Morgan fingerprint density at radius 2 is 2.26 bits per heavy atom. The van der Waals surface area contributed by atoms with E-state index in [1.165, 1.54) is 7.11 Å². The minimum Gasteiger partial charge on any atom is -0.495 e. The molecule has 2 amide bonds. The molecule has 3 N–H and O–H groups in total. The molecule has 6 nitrogen and oxygen atoms in total. The topological polar surface area (TPSA) is 93.8 Å². The molecule has 0 aromatic heterocycles. The van der Waals surface area contributed by atoms with Crippen LogP contribution in [-0.2, 0) is 9.59 Å². The Morgan fingerprint density at radius 1 is 1.53 bits per heavy atom. The minimum absolute atomic E-state index is 0.0335. The zero-order valence-corrected chi connectivity index (χ0v) is 11.1. The van der Waals surface area contributed by atoms with Crippen LogP contribution in [-0.4, -0.2) is 29.3 Å². The molecule has 1 aromatic carbocycles. The Labute approximate surface area is 114 Å². The zero-order chi connectivity index (χ0) is 13.8. The Balaban J connectivity index is 1.97. The highest BCUT2D eigenvalue weighted by Gasteiger charge is 2.29. The largest absolute Gasteiger partial charge is 0.495 e. The second-order valence-electron chi connectivity index (χ2n) is 3.85. The highest BCUT2D eigenvalue weighted by Crippen LogP contribution is 2.26. The van der Waals surface area contributed by atoms with Crippen molar-refractivity contribution in [3.05, 3.63) is 24.3 Å². The summed E-state index contributed by atoms with van der Waals surface area (Å²) in [6.45, 7) is 0. The van der Waals surface area contributed by atoms with E-state index in [9.17, 15) is 9.59 Å². The van der Waals surface area contributed by atoms with Crippen LogP contribution in [0.1, 0.15) is 6.42 Å². The third kappa shape index (κ3) is 3.25. The van der Waals surface area contributed by atoms with Gasteiger partial charge in [-0.15, -0.1) is 0 Å². The standard InChI is InChI=1S/C12H13N3O3S/c1-18-8-5-3-2-4-7(8)14-10(16)6-9-11(17)15-12(13)19-9/h2-5,9H,6H2,1H3,(H,14,16)(H2,13,15,17)/t9-/m1/s1. The molecule has 100 valence electrons. The van der Waals surface area contributed by atoms with E-state index < -0.39 is 5.25 Å².